The first kappa shape index (κ1) is 9.07. The van der Waals surface area contributed by atoms with Gasteiger partial charge in [0.2, 0.25) is 0 Å². The average molecular weight is 184 g/mol. The Kier molecular flexibility index (Phi) is 2.71. The van der Waals surface area contributed by atoms with Crippen molar-refractivity contribution >= 4 is 23.6 Å². The van der Waals surface area contributed by atoms with Crippen molar-refractivity contribution in [1.82, 2.24) is 0 Å². The highest BCUT2D eigenvalue weighted by molar-refractivity contribution is 6.33. The molecule has 3 heteroatoms. The molecule has 1 aromatic rings. The zero-order chi connectivity index (χ0) is 9.14. The minimum atomic E-state index is 0.496. The van der Waals surface area contributed by atoms with Crippen LogP contribution < -0.4 is 4.90 Å². The molecule has 0 saturated heterocycles. The van der Waals surface area contributed by atoms with Crippen LogP contribution in [0.2, 0.25) is 5.02 Å². The van der Waals surface area contributed by atoms with Gasteiger partial charge in [-0.05, 0) is 18.2 Å². The van der Waals surface area contributed by atoms with Crippen molar-refractivity contribution in [1.29, 1.82) is 0 Å². The number of halogens is 1. The molecule has 2 nitrogen and oxygen atoms in total. The third-order valence-electron chi connectivity index (χ3n) is 1.63. The fourth-order valence-corrected chi connectivity index (χ4v) is 1.11. The summed E-state index contributed by atoms with van der Waals surface area (Å²) in [7, 11) is 3.85. The van der Waals surface area contributed by atoms with Gasteiger partial charge in [-0.3, -0.25) is 4.79 Å². The van der Waals surface area contributed by atoms with Crippen LogP contribution in [-0.4, -0.2) is 20.4 Å². The van der Waals surface area contributed by atoms with Gasteiger partial charge in [0.25, 0.3) is 0 Å². The molecule has 0 aliphatic rings. The van der Waals surface area contributed by atoms with Crippen molar-refractivity contribution in [2.24, 2.45) is 0 Å². The van der Waals surface area contributed by atoms with E-state index in [0.717, 1.165) is 12.0 Å². The lowest BCUT2D eigenvalue weighted by Gasteiger charge is -2.12. The zero-order valence-corrected chi connectivity index (χ0v) is 7.80. The molecule has 0 heterocycles. The Balaban J connectivity index is 3.10. The van der Waals surface area contributed by atoms with Crippen molar-refractivity contribution in [3.63, 3.8) is 0 Å². The molecule has 1 rings (SSSR count). The van der Waals surface area contributed by atoms with Crippen LogP contribution in [0, 0.1) is 0 Å². The summed E-state index contributed by atoms with van der Waals surface area (Å²) < 4.78 is 0. The van der Waals surface area contributed by atoms with Gasteiger partial charge < -0.3 is 4.90 Å². The number of carbonyl (C=O) groups excluding carboxylic acids is 1. The Morgan fingerprint density at radius 2 is 2.08 bits per heavy atom. The standard InChI is InChI=1S/C9H10ClNO/c1-11(2)8-4-3-7(6-12)9(10)5-8/h3-6H,1-2H3. The monoisotopic (exact) mass is 183 g/mol. The van der Waals surface area contributed by atoms with E-state index < -0.39 is 0 Å². The minimum absolute atomic E-state index is 0.496. The SMILES string of the molecule is CN(C)c1ccc(C=O)c(Cl)c1. The fraction of sp³-hybridized carbons (Fsp3) is 0.222. The maximum Gasteiger partial charge on any atom is 0.151 e. The number of carbonyl (C=O) groups is 1. The molecule has 0 bridgehead atoms. The van der Waals surface area contributed by atoms with Gasteiger partial charge in [0, 0.05) is 25.3 Å². The number of hydrogen-bond acceptors (Lipinski definition) is 2. The third-order valence-corrected chi connectivity index (χ3v) is 1.95. The molecule has 0 aliphatic carbocycles. The number of aldehydes is 1. The lowest BCUT2D eigenvalue weighted by molar-refractivity contribution is 0.112. The summed E-state index contributed by atoms with van der Waals surface area (Å²) in [4.78, 5) is 12.3. The topological polar surface area (TPSA) is 20.3 Å². The third kappa shape index (κ3) is 1.77. The van der Waals surface area contributed by atoms with Gasteiger partial charge in [0.15, 0.2) is 6.29 Å². The molecule has 0 aliphatic heterocycles. The normalized spacial score (nSPS) is 9.58. The van der Waals surface area contributed by atoms with Gasteiger partial charge in [0.05, 0.1) is 5.02 Å². The van der Waals surface area contributed by atoms with Gasteiger partial charge >= 0.3 is 0 Å². The maximum atomic E-state index is 10.4. The molecular weight excluding hydrogens is 174 g/mol. The lowest BCUT2D eigenvalue weighted by atomic mass is 10.2. The summed E-state index contributed by atoms with van der Waals surface area (Å²) >= 11 is 5.82. The first-order chi connectivity index (χ1) is 5.65. The Labute approximate surface area is 76.8 Å². The highest BCUT2D eigenvalue weighted by Gasteiger charge is 2.00. The predicted molar refractivity (Wildman–Crippen MR) is 51.2 cm³/mol. The molecule has 0 fully saturated rings. The number of hydrogen-bond donors (Lipinski definition) is 0. The smallest absolute Gasteiger partial charge is 0.151 e. The summed E-state index contributed by atoms with van der Waals surface area (Å²) in [5.41, 5.74) is 1.52. The van der Waals surface area contributed by atoms with E-state index in [9.17, 15) is 4.79 Å². The van der Waals surface area contributed by atoms with Crippen molar-refractivity contribution in [2.75, 3.05) is 19.0 Å². The first-order valence-electron chi connectivity index (χ1n) is 3.57. The molecule has 12 heavy (non-hydrogen) atoms. The summed E-state index contributed by atoms with van der Waals surface area (Å²) in [6.07, 6.45) is 0.752. The zero-order valence-electron chi connectivity index (χ0n) is 7.04. The van der Waals surface area contributed by atoms with Crippen LogP contribution in [0.25, 0.3) is 0 Å². The van der Waals surface area contributed by atoms with Gasteiger partial charge in [-0.2, -0.15) is 0 Å². The summed E-state index contributed by atoms with van der Waals surface area (Å²) in [5.74, 6) is 0. The summed E-state index contributed by atoms with van der Waals surface area (Å²) in [6.45, 7) is 0. The Hall–Kier alpha value is -1.02. The number of benzene rings is 1. The van der Waals surface area contributed by atoms with E-state index >= 15 is 0 Å². The van der Waals surface area contributed by atoms with Crippen LogP contribution in [0.3, 0.4) is 0 Å². The molecule has 0 atom stereocenters. The van der Waals surface area contributed by atoms with Crippen LogP contribution >= 0.6 is 11.6 Å². The predicted octanol–water partition coefficient (Wildman–Crippen LogP) is 2.22. The highest BCUT2D eigenvalue weighted by Crippen LogP contribution is 2.20. The Morgan fingerprint density at radius 3 is 2.50 bits per heavy atom. The molecule has 1 aromatic carbocycles. The molecule has 0 unspecified atom stereocenters. The van der Waals surface area contributed by atoms with Gasteiger partial charge in [-0.15, -0.1) is 0 Å². The molecule has 64 valence electrons. The minimum Gasteiger partial charge on any atom is -0.378 e. The maximum absolute atomic E-state index is 10.4. The van der Waals surface area contributed by atoms with E-state index in [1.807, 2.05) is 25.1 Å². The van der Waals surface area contributed by atoms with E-state index in [1.54, 1.807) is 12.1 Å². The summed E-state index contributed by atoms with van der Waals surface area (Å²) in [6, 6.07) is 5.34. The second-order valence-corrected chi connectivity index (χ2v) is 3.13. The van der Waals surface area contributed by atoms with Crippen molar-refractivity contribution in [2.45, 2.75) is 0 Å². The van der Waals surface area contributed by atoms with Crippen LogP contribution in [-0.2, 0) is 0 Å². The molecule has 0 spiro atoms. The lowest BCUT2D eigenvalue weighted by Crippen LogP contribution is -2.08. The average Bonchev–Trinajstić information content (AvgIpc) is 2.04. The van der Waals surface area contributed by atoms with E-state index in [-0.39, 0.29) is 0 Å². The van der Waals surface area contributed by atoms with Gasteiger partial charge in [-0.25, -0.2) is 0 Å². The van der Waals surface area contributed by atoms with Gasteiger partial charge in [0.1, 0.15) is 0 Å². The van der Waals surface area contributed by atoms with Crippen molar-refractivity contribution in [3.8, 4) is 0 Å². The number of rotatable bonds is 2. The molecule has 0 N–H and O–H groups in total. The second-order valence-electron chi connectivity index (χ2n) is 2.72. The van der Waals surface area contributed by atoms with Crippen LogP contribution in [0.15, 0.2) is 18.2 Å². The van der Waals surface area contributed by atoms with Gasteiger partial charge in [-0.1, -0.05) is 11.6 Å². The second kappa shape index (κ2) is 3.59. The molecule has 0 amide bonds. The van der Waals surface area contributed by atoms with Crippen LogP contribution in [0.4, 0.5) is 5.69 Å². The van der Waals surface area contributed by atoms with Crippen LogP contribution in [0.1, 0.15) is 10.4 Å². The Bertz CT molecular complexity index is 297. The van der Waals surface area contributed by atoms with E-state index in [2.05, 4.69) is 0 Å². The number of nitrogens with zero attached hydrogens (tertiary/aromatic N) is 1. The molecule has 0 aromatic heterocycles. The molecule has 0 saturated carbocycles. The quantitative estimate of drug-likeness (QED) is 0.656. The number of anilines is 1. The van der Waals surface area contributed by atoms with E-state index in [4.69, 9.17) is 11.6 Å². The highest BCUT2D eigenvalue weighted by atomic mass is 35.5. The van der Waals surface area contributed by atoms with E-state index in [1.165, 1.54) is 0 Å². The first-order valence-corrected chi connectivity index (χ1v) is 3.95. The molecular formula is C9H10ClNO. The van der Waals surface area contributed by atoms with E-state index in [0.29, 0.717) is 10.6 Å². The Morgan fingerprint density at radius 1 is 1.42 bits per heavy atom. The fourth-order valence-electron chi connectivity index (χ4n) is 0.890. The molecule has 0 radical (unpaired) electrons. The van der Waals surface area contributed by atoms with Crippen molar-refractivity contribution < 1.29 is 4.79 Å². The van der Waals surface area contributed by atoms with Crippen molar-refractivity contribution in [3.05, 3.63) is 28.8 Å². The largest absolute Gasteiger partial charge is 0.378 e. The summed E-state index contributed by atoms with van der Waals surface area (Å²) in [5, 5.41) is 0.496. The van der Waals surface area contributed by atoms with Crippen LogP contribution in [0.5, 0.6) is 0 Å².